The molecule has 10 heteroatoms. The molecule has 1 aliphatic carbocycles. The van der Waals surface area contributed by atoms with Gasteiger partial charge in [0.15, 0.2) is 5.82 Å². The summed E-state index contributed by atoms with van der Waals surface area (Å²) < 4.78 is 0. The number of piperidine rings is 1. The highest BCUT2D eigenvalue weighted by Crippen LogP contribution is 2.40. The summed E-state index contributed by atoms with van der Waals surface area (Å²) in [7, 11) is 0. The molecule has 32 heavy (non-hydrogen) atoms. The van der Waals surface area contributed by atoms with Gasteiger partial charge in [0.25, 0.3) is 0 Å². The molecule has 4 rings (SSSR count). The minimum Gasteiger partial charge on any atom is -0.480 e. The fraction of sp³-hybridized carbons (Fsp3) is 0.864. The number of aliphatic carboxylic acids is 2. The second-order valence-corrected chi connectivity index (χ2v) is 9.91. The summed E-state index contributed by atoms with van der Waals surface area (Å²) in [6, 6.07) is -1.06. The number of hydrogen-bond acceptors (Lipinski definition) is 7. The molecule has 0 unspecified atom stereocenters. The van der Waals surface area contributed by atoms with Gasteiger partial charge in [0, 0.05) is 19.5 Å². The van der Waals surface area contributed by atoms with Crippen LogP contribution in [0.15, 0.2) is 0 Å². The highest BCUT2D eigenvalue weighted by molar-refractivity contribution is 5.74. The third kappa shape index (κ3) is 5.28. The number of likely N-dealkylation sites (tertiary alicyclic amines) is 1. The zero-order valence-corrected chi connectivity index (χ0v) is 18.9. The quantitative estimate of drug-likeness (QED) is 0.481. The zero-order chi connectivity index (χ0) is 22.7. The molecule has 3 N–H and O–H groups in total. The number of fused-ring (bicyclic) bond motifs is 1. The average Bonchev–Trinajstić information content (AvgIpc) is 3.40. The lowest BCUT2D eigenvalue weighted by atomic mass is 9.69. The van der Waals surface area contributed by atoms with Gasteiger partial charge in [-0.25, -0.2) is 0 Å². The average molecular weight is 449 g/mol. The lowest BCUT2D eigenvalue weighted by Gasteiger charge is -2.42. The van der Waals surface area contributed by atoms with E-state index in [0.717, 1.165) is 63.9 Å². The standard InChI is InChI=1S/C22H36N6O4/c1-2-3-4-5-20-24-26-28(25-20)17-10-19(22(31)32)27(13-17)12-14-6-7-15-11-23-18(21(29)30)9-16(15)8-14/h14-19,23H,2-13H2,1H3,(H,29,30)(H,31,32)/t14-,15-,16+,17-,18-,19-/m0/s1. The molecule has 1 aromatic rings. The van der Waals surface area contributed by atoms with Crippen LogP contribution < -0.4 is 5.32 Å². The molecule has 0 radical (unpaired) electrons. The van der Waals surface area contributed by atoms with Gasteiger partial charge in [-0.1, -0.05) is 19.8 Å². The molecule has 0 spiro atoms. The van der Waals surface area contributed by atoms with E-state index in [4.69, 9.17) is 0 Å². The maximum atomic E-state index is 12.0. The molecule has 178 valence electrons. The molecule has 1 saturated carbocycles. The van der Waals surface area contributed by atoms with Crippen LogP contribution in [0.2, 0.25) is 0 Å². The second kappa shape index (κ2) is 10.2. The monoisotopic (exact) mass is 448 g/mol. The molecular formula is C22H36N6O4. The van der Waals surface area contributed by atoms with Gasteiger partial charge < -0.3 is 15.5 Å². The van der Waals surface area contributed by atoms with Crippen molar-refractivity contribution in [3.05, 3.63) is 5.82 Å². The van der Waals surface area contributed by atoms with Gasteiger partial charge in [-0.3, -0.25) is 14.5 Å². The predicted molar refractivity (Wildman–Crippen MR) is 116 cm³/mol. The van der Waals surface area contributed by atoms with E-state index in [1.54, 1.807) is 4.80 Å². The number of tetrazole rings is 1. The lowest BCUT2D eigenvalue weighted by Crippen LogP contribution is -2.50. The van der Waals surface area contributed by atoms with Gasteiger partial charge in [-0.2, -0.15) is 4.80 Å². The van der Waals surface area contributed by atoms with E-state index >= 15 is 0 Å². The Morgan fingerprint density at radius 1 is 1.09 bits per heavy atom. The third-order valence-electron chi connectivity index (χ3n) is 7.67. The molecule has 0 bridgehead atoms. The zero-order valence-electron chi connectivity index (χ0n) is 18.9. The Balaban J connectivity index is 1.35. The van der Waals surface area contributed by atoms with Gasteiger partial charge in [-0.15, -0.1) is 10.2 Å². The van der Waals surface area contributed by atoms with Crippen molar-refractivity contribution in [2.75, 3.05) is 19.6 Å². The van der Waals surface area contributed by atoms with Crippen molar-refractivity contribution in [2.45, 2.75) is 82.8 Å². The second-order valence-electron chi connectivity index (χ2n) is 9.91. The van der Waals surface area contributed by atoms with Crippen LogP contribution in [0, 0.1) is 17.8 Å². The molecule has 10 nitrogen and oxygen atoms in total. The van der Waals surface area contributed by atoms with Crippen LogP contribution in [-0.4, -0.2) is 79.0 Å². The Morgan fingerprint density at radius 2 is 1.94 bits per heavy atom. The number of unbranched alkanes of at least 4 members (excludes halogenated alkanes) is 2. The topological polar surface area (TPSA) is 133 Å². The number of rotatable bonds is 9. The van der Waals surface area contributed by atoms with Crippen molar-refractivity contribution < 1.29 is 19.8 Å². The molecular weight excluding hydrogens is 412 g/mol. The van der Waals surface area contributed by atoms with E-state index in [-0.39, 0.29) is 6.04 Å². The highest BCUT2D eigenvalue weighted by Gasteiger charge is 2.42. The van der Waals surface area contributed by atoms with Crippen LogP contribution in [0.1, 0.15) is 70.2 Å². The van der Waals surface area contributed by atoms with Gasteiger partial charge in [0.2, 0.25) is 0 Å². The van der Waals surface area contributed by atoms with Crippen LogP contribution in [0.5, 0.6) is 0 Å². The minimum atomic E-state index is -0.794. The van der Waals surface area contributed by atoms with Gasteiger partial charge in [-0.05, 0) is 68.0 Å². The first-order valence-electron chi connectivity index (χ1n) is 12.2. The normalized spacial score (nSPS) is 33.2. The summed E-state index contributed by atoms with van der Waals surface area (Å²) in [6.07, 6.45) is 8.42. The van der Waals surface area contributed by atoms with E-state index in [9.17, 15) is 19.8 Å². The first kappa shape index (κ1) is 23.1. The van der Waals surface area contributed by atoms with E-state index in [2.05, 4.69) is 32.6 Å². The Bertz CT molecular complexity index is 801. The van der Waals surface area contributed by atoms with Crippen molar-refractivity contribution >= 4 is 11.9 Å². The Hall–Kier alpha value is -2.07. The summed E-state index contributed by atoms with van der Waals surface area (Å²) in [5.74, 6) is 0.513. The van der Waals surface area contributed by atoms with Crippen molar-refractivity contribution in [1.29, 1.82) is 0 Å². The first-order chi connectivity index (χ1) is 15.4. The van der Waals surface area contributed by atoms with Crippen LogP contribution in [0.4, 0.5) is 0 Å². The van der Waals surface area contributed by atoms with E-state index in [1.807, 2.05) is 0 Å². The highest BCUT2D eigenvalue weighted by atomic mass is 16.4. The molecule has 2 aliphatic heterocycles. The number of aryl methyl sites for hydroxylation is 1. The van der Waals surface area contributed by atoms with Gasteiger partial charge >= 0.3 is 11.9 Å². The molecule has 3 heterocycles. The molecule has 6 atom stereocenters. The minimum absolute atomic E-state index is 0.0739. The van der Waals surface area contributed by atoms with Gasteiger partial charge in [0.05, 0.1) is 6.04 Å². The Kier molecular flexibility index (Phi) is 7.40. The van der Waals surface area contributed by atoms with Crippen molar-refractivity contribution in [1.82, 2.24) is 30.4 Å². The molecule has 3 fully saturated rings. The number of carboxylic acids is 2. The lowest BCUT2D eigenvalue weighted by molar-refractivity contribution is -0.143. The first-order valence-corrected chi connectivity index (χ1v) is 12.2. The van der Waals surface area contributed by atoms with E-state index in [0.29, 0.717) is 37.1 Å². The summed E-state index contributed by atoms with van der Waals surface area (Å²) in [5.41, 5.74) is 0. The number of nitrogens with one attached hydrogen (secondary N) is 1. The molecule has 1 aromatic heterocycles. The fourth-order valence-corrected chi connectivity index (χ4v) is 5.90. The molecule has 3 aliphatic rings. The third-order valence-corrected chi connectivity index (χ3v) is 7.67. The number of carbonyl (C=O) groups is 2. The van der Waals surface area contributed by atoms with Crippen LogP contribution in [-0.2, 0) is 16.0 Å². The molecule has 2 saturated heterocycles. The number of nitrogens with zero attached hydrogens (tertiary/aromatic N) is 5. The summed E-state index contributed by atoms with van der Waals surface area (Å²) in [6.45, 7) is 4.29. The summed E-state index contributed by atoms with van der Waals surface area (Å²) in [5, 5.41) is 35.3. The number of carboxylic acid groups (broad SMARTS) is 2. The molecule has 0 aromatic carbocycles. The van der Waals surface area contributed by atoms with Crippen LogP contribution in [0.3, 0.4) is 0 Å². The Labute approximate surface area is 188 Å². The molecule has 0 amide bonds. The number of hydrogen-bond donors (Lipinski definition) is 3. The number of aromatic nitrogens is 4. The van der Waals surface area contributed by atoms with Crippen LogP contribution >= 0.6 is 0 Å². The fourth-order valence-electron chi connectivity index (χ4n) is 5.90. The van der Waals surface area contributed by atoms with E-state index < -0.39 is 24.0 Å². The van der Waals surface area contributed by atoms with Crippen molar-refractivity contribution in [3.63, 3.8) is 0 Å². The van der Waals surface area contributed by atoms with Crippen molar-refractivity contribution in [3.8, 4) is 0 Å². The largest absolute Gasteiger partial charge is 0.480 e. The van der Waals surface area contributed by atoms with Crippen molar-refractivity contribution in [2.24, 2.45) is 17.8 Å². The smallest absolute Gasteiger partial charge is 0.321 e. The summed E-state index contributed by atoms with van der Waals surface area (Å²) in [4.78, 5) is 27.1. The van der Waals surface area contributed by atoms with Crippen LogP contribution in [0.25, 0.3) is 0 Å². The predicted octanol–water partition coefficient (Wildman–Crippen LogP) is 1.58. The maximum Gasteiger partial charge on any atom is 0.321 e. The summed E-state index contributed by atoms with van der Waals surface area (Å²) >= 11 is 0. The maximum absolute atomic E-state index is 12.0. The Morgan fingerprint density at radius 3 is 2.69 bits per heavy atom. The SMILES string of the molecule is CCCCCc1nnn([C@H]2C[C@@H](C(=O)O)N(C[C@H]3CC[C@H]4CN[C@H](C(=O)O)C[C@H]4C3)C2)n1. The van der Waals surface area contributed by atoms with Gasteiger partial charge in [0.1, 0.15) is 12.1 Å². The van der Waals surface area contributed by atoms with E-state index in [1.165, 1.54) is 0 Å².